The quantitative estimate of drug-likeness (QED) is 0.188. The van der Waals surface area contributed by atoms with E-state index in [0.29, 0.717) is 10.7 Å². The number of anilines is 1. The topological polar surface area (TPSA) is 57.4 Å². The SMILES string of the molecule is CCCCCCCCCCCCCCCCC=Cc1ccc(Cl)c(Nn2c(O)ccc2O)c1. The van der Waals surface area contributed by atoms with Crippen molar-refractivity contribution < 1.29 is 10.2 Å². The summed E-state index contributed by atoms with van der Waals surface area (Å²) in [4.78, 5) is 0. The molecule has 2 aromatic rings. The van der Waals surface area contributed by atoms with Crippen LogP contribution in [0.3, 0.4) is 0 Å². The van der Waals surface area contributed by atoms with Gasteiger partial charge >= 0.3 is 0 Å². The lowest BCUT2D eigenvalue weighted by Gasteiger charge is -2.12. The summed E-state index contributed by atoms with van der Waals surface area (Å²) in [6, 6.07) is 8.51. The fraction of sp³-hybridized carbons (Fsp3) is 0.571. The van der Waals surface area contributed by atoms with Crippen molar-refractivity contribution >= 4 is 23.4 Å². The third-order valence-electron chi connectivity index (χ3n) is 6.10. The predicted octanol–water partition coefficient (Wildman–Crippen LogP) is 9.31. The molecular weight excluding hydrogens is 432 g/mol. The van der Waals surface area contributed by atoms with Gasteiger partial charge in [-0.1, -0.05) is 120 Å². The highest BCUT2D eigenvalue weighted by molar-refractivity contribution is 6.33. The summed E-state index contributed by atoms with van der Waals surface area (Å²) in [7, 11) is 0. The average Bonchev–Trinajstić information content (AvgIpc) is 3.12. The van der Waals surface area contributed by atoms with E-state index in [2.05, 4.69) is 24.5 Å². The lowest BCUT2D eigenvalue weighted by Crippen LogP contribution is -2.08. The lowest BCUT2D eigenvalue weighted by atomic mass is 10.0. The minimum Gasteiger partial charge on any atom is -0.493 e. The monoisotopic (exact) mass is 474 g/mol. The van der Waals surface area contributed by atoms with Crippen LogP contribution < -0.4 is 5.43 Å². The van der Waals surface area contributed by atoms with Crippen molar-refractivity contribution in [3.05, 3.63) is 47.0 Å². The molecule has 0 aliphatic carbocycles. The molecule has 184 valence electrons. The first kappa shape index (κ1) is 27.2. The summed E-state index contributed by atoms with van der Waals surface area (Å²) in [5.41, 5.74) is 4.58. The minimum atomic E-state index is -0.0812. The summed E-state index contributed by atoms with van der Waals surface area (Å²) in [5.74, 6) is -0.162. The summed E-state index contributed by atoms with van der Waals surface area (Å²) in [5, 5.41) is 20.1. The molecule has 5 heteroatoms. The van der Waals surface area contributed by atoms with Crippen LogP contribution in [0.5, 0.6) is 11.8 Å². The second kappa shape index (κ2) is 16.5. The Balaban J connectivity index is 1.53. The fourth-order valence-electron chi connectivity index (χ4n) is 4.06. The molecule has 2 rings (SSSR count). The Labute approximate surface area is 205 Å². The van der Waals surface area contributed by atoms with Crippen molar-refractivity contribution in [2.45, 2.75) is 103 Å². The number of allylic oxidation sites excluding steroid dienone is 1. The zero-order valence-electron chi connectivity index (χ0n) is 20.4. The lowest BCUT2D eigenvalue weighted by molar-refractivity contribution is 0.393. The van der Waals surface area contributed by atoms with Gasteiger partial charge in [-0.3, -0.25) is 5.43 Å². The van der Waals surface area contributed by atoms with Gasteiger partial charge in [-0.2, -0.15) is 4.68 Å². The molecule has 0 bridgehead atoms. The smallest absolute Gasteiger partial charge is 0.213 e. The van der Waals surface area contributed by atoms with Gasteiger partial charge in [0.05, 0.1) is 10.7 Å². The molecule has 0 atom stereocenters. The third-order valence-corrected chi connectivity index (χ3v) is 6.43. The van der Waals surface area contributed by atoms with Crippen LogP contribution in [0.15, 0.2) is 36.4 Å². The molecule has 33 heavy (non-hydrogen) atoms. The van der Waals surface area contributed by atoms with Crippen LogP contribution in [0, 0.1) is 0 Å². The molecule has 1 aromatic carbocycles. The molecule has 0 saturated carbocycles. The zero-order valence-corrected chi connectivity index (χ0v) is 21.1. The number of nitrogens with one attached hydrogen (secondary N) is 1. The van der Waals surface area contributed by atoms with E-state index >= 15 is 0 Å². The van der Waals surface area contributed by atoms with Crippen LogP contribution in [0.2, 0.25) is 5.02 Å². The number of aromatic nitrogens is 1. The van der Waals surface area contributed by atoms with Crippen LogP contribution in [-0.4, -0.2) is 14.9 Å². The van der Waals surface area contributed by atoms with E-state index in [-0.39, 0.29) is 11.8 Å². The molecule has 0 radical (unpaired) electrons. The molecule has 0 saturated heterocycles. The summed E-state index contributed by atoms with van der Waals surface area (Å²) in [6.45, 7) is 2.28. The number of unbranched alkanes of at least 4 members (excludes halogenated alkanes) is 14. The highest BCUT2D eigenvalue weighted by Gasteiger charge is 2.08. The van der Waals surface area contributed by atoms with Gasteiger partial charge in [0.15, 0.2) is 0 Å². The Morgan fingerprint density at radius 1 is 0.758 bits per heavy atom. The van der Waals surface area contributed by atoms with E-state index in [0.717, 1.165) is 12.0 Å². The van der Waals surface area contributed by atoms with Crippen molar-refractivity contribution in [2.75, 3.05) is 5.43 Å². The minimum absolute atomic E-state index is 0.0812. The molecule has 0 spiro atoms. The van der Waals surface area contributed by atoms with Crippen molar-refractivity contribution in [3.63, 3.8) is 0 Å². The second-order valence-corrected chi connectivity index (χ2v) is 9.43. The number of aromatic hydroxyl groups is 2. The molecule has 3 N–H and O–H groups in total. The Morgan fingerprint density at radius 2 is 1.27 bits per heavy atom. The molecule has 0 unspecified atom stereocenters. The van der Waals surface area contributed by atoms with E-state index in [4.69, 9.17) is 11.6 Å². The van der Waals surface area contributed by atoms with Gasteiger partial charge in [0.25, 0.3) is 0 Å². The van der Waals surface area contributed by atoms with Gasteiger partial charge in [0, 0.05) is 12.1 Å². The Morgan fingerprint density at radius 3 is 1.82 bits per heavy atom. The summed E-state index contributed by atoms with van der Waals surface area (Å²) in [6.07, 6.45) is 24.7. The summed E-state index contributed by atoms with van der Waals surface area (Å²) < 4.78 is 1.18. The Hall–Kier alpha value is -2.07. The number of hydrogen-bond donors (Lipinski definition) is 3. The first-order valence-electron chi connectivity index (χ1n) is 12.9. The van der Waals surface area contributed by atoms with Gasteiger partial charge in [-0.15, -0.1) is 0 Å². The first-order valence-corrected chi connectivity index (χ1v) is 13.3. The van der Waals surface area contributed by atoms with Crippen molar-refractivity contribution in [1.29, 1.82) is 0 Å². The van der Waals surface area contributed by atoms with E-state index < -0.39 is 0 Å². The highest BCUT2D eigenvalue weighted by Crippen LogP contribution is 2.28. The number of hydrogen-bond acceptors (Lipinski definition) is 3. The van der Waals surface area contributed by atoms with Gasteiger partial charge in [0.1, 0.15) is 0 Å². The molecular formula is C28H43ClN2O2. The Bertz CT molecular complexity index is 797. The molecule has 0 amide bonds. The summed E-state index contributed by atoms with van der Waals surface area (Å²) >= 11 is 6.26. The molecule has 1 heterocycles. The maximum absolute atomic E-state index is 9.80. The van der Waals surface area contributed by atoms with Crippen LogP contribution in [-0.2, 0) is 0 Å². The van der Waals surface area contributed by atoms with Crippen LogP contribution >= 0.6 is 11.6 Å². The number of rotatable bonds is 18. The molecule has 4 nitrogen and oxygen atoms in total. The Kier molecular flexibility index (Phi) is 13.6. The highest BCUT2D eigenvalue weighted by atomic mass is 35.5. The number of benzene rings is 1. The van der Waals surface area contributed by atoms with E-state index in [1.54, 1.807) is 0 Å². The standard InChI is InChI=1S/C28H43ClN2O2/c1-2-3-4-5-6-7-8-9-10-11-12-13-14-15-16-17-18-24-19-20-25(29)26(23-24)30-31-27(32)21-22-28(31)33/h17-23,30,32-33H,2-16H2,1H3. The van der Waals surface area contributed by atoms with Gasteiger partial charge in [-0.05, 0) is 30.5 Å². The molecule has 0 aliphatic rings. The third kappa shape index (κ3) is 11.1. The van der Waals surface area contributed by atoms with Gasteiger partial charge in [0.2, 0.25) is 11.8 Å². The van der Waals surface area contributed by atoms with Gasteiger partial charge < -0.3 is 10.2 Å². The average molecular weight is 475 g/mol. The number of nitrogens with zero attached hydrogens (tertiary/aromatic N) is 1. The second-order valence-electron chi connectivity index (χ2n) is 9.02. The van der Waals surface area contributed by atoms with E-state index in [1.165, 1.54) is 107 Å². The maximum atomic E-state index is 9.80. The molecule has 0 fully saturated rings. The van der Waals surface area contributed by atoms with Crippen molar-refractivity contribution in [1.82, 2.24) is 4.68 Å². The number of halogens is 1. The first-order chi connectivity index (χ1) is 16.1. The largest absolute Gasteiger partial charge is 0.493 e. The zero-order chi connectivity index (χ0) is 23.7. The van der Waals surface area contributed by atoms with E-state index in [9.17, 15) is 10.2 Å². The fourth-order valence-corrected chi connectivity index (χ4v) is 4.22. The maximum Gasteiger partial charge on any atom is 0.213 e. The normalized spacial score (nSPS) is 11.5. The van der Waals surface area contributed by atoms with Crippen LogP contribution in [0.4, 0.5) is 5.69 Å². The van der Waals surface area contributed by atoms with Crippen molar-refractivity contribution in [2.24, 2.45) is 0 Å². The van der Waals surface area contributed by atoms with Crippen LogP contribution in [0.25, 0.3) is 6.08 Å². The van der Waals surface area contributed by atoms with Crippen molar-refractivity contribution in [3.8, 4) is 11.8 Å². The van der Waals surface area contributed by atoms with Gasteiger partial charge in [-0.25, -0.2) is 0 Å². The molecule has 0 aliphatic heterocycles. The van der Waals surface area contributed by atoms with E-state index in [1.807, 2.05) is 18.2 Å². The molecule has 1 aromatic heterocycles. The van der Waals surface area contributed by atoms with Crippen LogP contribution in [0.1, 0.15) is 109 Å². The predicted molar refractivity (Wildman–Crippen MR) is 142 cm³/mol.